The molecule has 14 heavy (non-hydrogen) atoms. The van der Waals surface area contributed by atoms with Gasteiger partial charge in [-0.15, -0.1) is 0 Å². The van der Waals surface area contributed by atoms with Gasteiger partial charge in [-0.3, -0.25) is 0 Å². The Morgan fingerprint density at radius 3 is 2.64 bits per heavy atom. The molecule has 0 amide bonds. The van der Waals surface area contributed by atoms with Crippen LogP contribution >= 0.6 is 0 Å². The van der Waals surface area contributed by atoms with Crippen molar-refractivity contribution in [1.29, 1.82) is 5.26 Å². The summed E-state index contributed by atoms with van der Waals surface area (Å²) in [5.41, 5.74) is 5.81. The van der Waals surface area contributed by atoms with Crippen molar-refractivity contribution in [2.45, 2.75) is 0 Å². The van der Waals surface area contributed by atoms with Gasteiger partial charge >= 0.3 is 0 Å². The van der Waals surface area contributed by atoms with Crippen molar-refractivity contribution in [3.8, 4) is 17.6 Å². The normalized spacial score (nSPS) is 9.21. The van der Waals surface area contributed by atoms with E-state index in [4.69, 9.17) is 20.5 Å². The van der Waals surface area contributed by atoms with Crippen molar-refractivity contribution in [3.63, 3.8) is 0 Å². The Balaban J connectivity index is 2.88. The standard InChI is InChI=1S/C10H12N2O2/c1-13-9-4-8(7-12)5-10(6-9)14-3-2-11/h4-6H,2-3,11H2,1H3. The number of ether oxygens (including phenoxy) is 2. The van der Waals surface area contributed by atoms with E-state index in [-0.39, 0.29) is 0 Å². The molecule has 0 unspecified atom stereocenters. The number of benzene rings is 1. The molecule has 0 atom stereocenters. The highest BCUT2D eigenvalue weighted by Gasteiger charge is 2.01. The van der Waals surface area contributed by atoms with Crippen LogP contribution in [-0.2, 0) is 0 Å². The molecule has 0 aliphatic heterocycles. The summed E-state index contributed by atoms with van der Waals surface area (Å²) in [6.07, 6.45) is 0. The summed E-state index contributed by atoms with van der Waals surface area (Å²) in [7, 11) is 1.54. The monoisotopic (exact) mass is 192 g/mol. The zero-order chi connectivity index (χ0) is 10.4. The molecule has 4 heteroatoms. The van der Waals surface area contributed by atoms with Crippen LogP contribution in [0.3, 0.4) is 0 Å². The van der Waals surface area contributed by atoms with E-state index in [1.54, 1.807) is 25.3 Å². The highest BCUT2D eigenvalue weighted by atomic mass is 16.5. The second-order valence-electron chi connectivity index (χ2n) is 2.65. The third kappa shape index (κ3) is 2.64. The van der Waals surface area contributed by atoms with Crippen LogP contribution in [0.15, 0.2) is 18.2 Å². The molecule has 0 saturated heterocycles. The number of rotatable bonds is 4. The highest BCUT2D eigenvalue weighted by Crippen LogP contribution is 2.21. The Morgan fingerprint density at radius 2 is 2.07 bits per heavy atom. The van der Waals surface area contributed by atoms with E-state index in [2.05, 4.69) is 0 Å². The first kappa shape index (κ1) is 10.4. The summed E-state index contributed by atoms with van der Waals surface area (Å²) >= 11 is 0. The Labute approximate surface area is 82.9 Å². The minimum atomic E-state index is 0.429. The van der Waals surface area contributed by atoms with Gasteiger partial charge in [0.2, 0.25) is 0 Å². The number of nitriles is 1. The molecular weight excluding hydrogens is 180 g/mol. The fourth-order valence-electron chi connectivity index (χ4n) is 1.01. The topological polar surface area (TPSA) is 68.3 Å². The average molecular weight is 192 g/mol. The molecule has 0 radical (unpaired) electrons. The van der Waals surface area contributed by atoms with E-state index in [0.29, 0.717) is 30.2 Å². The van der Waals surface area contributed by atoms with Gasteiger partial charge in [-0.25, -0.2) is 0 Å². The lowest BCUT2D eigenvalue weighted by atomic mass is 10.2. The third-order valence-corrected chi connectivity index (χ3v) is 1.63. The summed E-state index contributed by atoms with van der Waals surface area (Å²) < 4.78 is 10.3. The molecular formula is C10H12N2O2. The molecule has 1 rings (SSSR count). The van der Waals surface area contributed by atoms with Crippen LogP contribution in [0.4, 0.5) is 0 Å². The van der Waals surface area contributed by atoms with E-state index in [0.717, 1.165) is 0 Å². The van der Waals surface area contributed by atoms with Crippen LogP contribution in [0.25, 0.3) is 0 Å². The third-order valence-electron chi connectivity index (χ3n) is 1.63. The quantitative estimate of drug-likeness (QED) is 0.769. The minimum Gasteiger partial charge on any atom is -0.497 e. The van der Waals surface area contributed by atoms with Gasteiger partial charge in [-0.05, 0) is 12.1 Å². The van der Waals surface area contributed by atoms with Gasteiger partial charge in [-0.2, -0.15) is 5.26 Å². The van der Waals surface area contributed by atoms with Gasteiger partial charge in [0.15, 0.2) is 0 Å². The lowest BCUT2D eigenvalue weighted by Gasteiger charge is -2.06. The highest BCUT2D eigenvalue weighted by molar-refractivity contribution is 5.43. The predicted molar refractivity (Wildman–Crippen MR) is 52.3 cm³/mol. The first-order valence-corrected chi connectivity index (χ1v) is 4.22. The first-order chi connectivity index (χ1) is 6.80. The second-order valence-corrected chi connectivity index (χ2v) is 2.65. The molecule has 2 N–H and O–H groups in total. The zero-order valence-electron chi connectivity index (χ0n) is 7.99. The number of nitrogens with two attached hydrogens (primary N) is 1. The van der Waals surface area contributed by atoms with Crippen LogP contribution in [0, 0.1) is 11.3 Å². The maximum absolute atomic E-state index is 8.72. The fraction of sp³-hybridized carbons (Fsp3) is 0.300. The summed E-state index contributed by atoms with van der Waals surface area (Å²) in [4.78, 5) is 0. The summed E-state index contributed by atoms with van der Waals surface area (Å²) in [5, 5.41) is 8.72. The Kier molecular flexibility index (Phi) is 3.77. The van der Waals surface area contributed by atoms with Crippen LogP contribution in [0.5, 0.6) is 11.5 Å². The number of hydrogen-bond acceptors (Lipinski definition) is 4. The smallest absolute Gasteiger partial charge is 0.124 e. The lowest BCUT2D eigenvalue weighted by molar-refractivity contribution is 0.325. The molecule has 0 aliphatic rings. The van der Waals surface area contributed by atoms with Crippen molar-refractivity contribution in [3.05, 3.63) is 23.8 Å². The second kappa shape index (κ2) is 5.10. The molecule has 0 aromatic heterocycles. The summed E-state index contributed by atoms with van der Waals surface area (Å²) in [6.45, 7) is 0.872. The van der Waals surface area contributed by atoms with Gasteiger partial charge in [-0.1, -0.05) is 0 Å². The number of nitrogens with zero attached hydrogens (tertiary/aromatic N) is 1. The van der Waals surface area contributed by atoms with E-state index in [9.17, 15) is 0 Å². The van der Waals surface area contributed by atoms with Gasteiger partial charge in [0.05, 0.1) is 18.7 Å². The van der Waals surface area contributed by atoms with Crippen molar-refractivity contribution >= 4 is 0 Å². The SMILES string of the molecule is COc1cc(C#N)cc(OCCN)c1. The Morgan fingerprint density at radius 1 is 1.36 bits per heavy atom. The summed E-state index contributed by atoms with van der Waals surface area (Å²) in [5.74, 6) is 1.21. The number of hydrogen-bond donors (Lipinski definition) is 1. The van der Waals surface area contributed by atoms with Crippen molar-refractivity contribution in [1.82, 2.24) is 0 Å². The minimum absolute atomic E-state index is 0.429. The van der Waals surface area contributed by atoms with Crippen LogP contribution in [0.2, 0.25) is 0 Å². The Bertz CT molecular complexity index is 344. The van der Waals surface area contributed by atoms with Gasteiger partial charge in [0.25, 0.3) is 0 Å². The van der Waals surface area contributed by atoms with Crippen LogP contribution < -0.4 is 15.2 Å². The predicted octanol–water partition coefficient (Wildman–Crippen LogP) is 0.904. The molecule has 1 aromatic carbocycles. The Hall–Kier alpha value is -1.73. The van der Waals surface area contributed by atoms with E-state index in [1.807, 2.05) is 6.07 Å². The fourth-order valence-corrected chi connectivity index (χ4v) is 1.01. The number of methoxy groups -OCH3 is 1. The molecule has 0 spiro atoms. The molecule has 0 heterocycles. The van der Waals surface area contributed by atoms with Gasteiger partial charge in [0.1, 0.15) is 18.1 Å². The largest absolute Gasteiger partial charge is 0.497 e. The van der Waals surface area contributed by atoms with E-state index in [1.165, 1.54) is 0 Å². The summed E-state index contributed by atoms with van der Waals surface area (Å²) in [6, 6.07) is 7.05. The van der Waals surface area contributed by atoms with Crippen molar-refractivity contribution in [2.75, 3.05) is 20.3 Å². The van der Waals surface area contributed by atoms with Gasteiger partial charge < -0.3 is 15.2 Å². The van der Waals surface area contributed by atoms with Crippen molar-refractivity contribution in [2.24, 2.45) is 5.73 Å². The maximum atomic E-state index is 8.72. The molecule has 0 bridgehead atoms. The molecule has 74 valence electrons. The van der Waals surface area contributed by atoms with E-state index >= 15 is 0 Å². The van der Waals surface area contributed by atoms with Gasteiger partial charge in [0, 0.05) is 12.6 Å². The first-order valence-electron chi connectivity index (χ1n) is 4.22. The molecule has 1 aromatic rings. The molecule has 0 aliphatic carbocycles. The molecule has 0 fully saturated rings. The maximum Gasteiger partial charge on any atom is 0.124 e. The lowest BCUT2D eigenvalue weighted by Crippen LogP contribution is -2.10. The average Bonchev–Trinajstić information content (AvgIpc) is 2.25. The molecule has 4 nitrogen and oxygen atoms in total. The van der Waals surface area contributed by atoms with Crippen LogP contribution in [-0.4, -0.2) is 20.3 Å². The van der Waals surface area contributed by atoms with Crippen molar-refractivity contribution < 1.29 is 9.47 Å². The van der Waals surface area contributed by atoms with Crippen LogP contribution in [0.1, 0.15) is 5.56 Å². The molecule has 0 saturated carbocycles. The zero-order valence-corrected chi connectivity index (χ0v) is 7.99. The van der Waals surface area contributed by atoms with E-state index < -0.39 is 0 Å².